The van der Waals surface area contributed by atoms with Gasteiger partial charge in [0.1, 0.15) is 0 Å². The normalized spacial score (nSPS) is 14.0. The Balaban J connectivity index is 2.37. The van der Waals surface area contributed by atoms with Gasteiger partial charge in [-0.15, -0.1) is 0 Å². The SMILES string of the molecule is CC(CC(=O)NCC(O)C(C)(C)C)NC(=O)c1ccccc1. The minimum Gasteiger partial charge on any atom is -0.391 e. The number of nitrogens with one attached hydrogen (secondary N) is 2. The van der Waals surface area contributed by atoms with Gasteiger partial charge in [0, 0.05) is 24.6 Å². The first kappa shape index (κ1) is 18.2. The predicted molar refractivity (Wildman–Crippen MR) is 86.5 cm³/mol. The van der Waals surface area contributed by atoms with E-state index in [2.05, 4.69) is 10.6 Å². The maximum absolute atomic E-state index is 12.0. The fourth-order valence-corrected chi connectivity index (χ4v) is 1.81. The zero-order chi connectivity index (χ0) is 16.8. The first-order chi connectivity index (χ1) is 10.2. The van der Waals surface area contributed by atoms with Gasteiger partial charge in [-0.25, -0.2) is 0 Å². The van der Waals surface area contributed by atoms with E-state index in [4.69, 9.17) is 0 Å². The van der Waals surface area contributed by atoms with Gasteiger partial charge in [-0.1, -0.05) is 39.0 Å². The summed E-state index contributed by atoms with van der Waals surface area (Å²) >= 11 is 0. The number of carbonyl (C=O) groups is 2. The summed E-state index contributed by atoms with van der Waals surface area (Å²) in [5.41, 5.74) is 0.290. The van der Waals surface area contributed by atoms with Crippen LogP contribution in [0.4, 0.5) is 0 Å². The molecule has 2 amide bonds. The molecule has 2 atom stereocenters. The largest absolute Gasteiger partial charge is 0.391 e. The smallest absolute Gasteiger partial charge is 0.251 e. The Morgan fingerprint density at radius 1 is 1.18 bits per heavy atom. The third-order valence-electron chi connectivity index (χ3n) is 3.40. The summed E-state index contributed by atoms with van der Waals surface area (Å²) in [7, 11) is 0. The van der Waals surface area contributed by atoms with E-state index in [0.29, 0.717) is 5.56 Å². The van der Waals surface area contributed by atoms with E-state index in [1.165, 1.54) is 0 Å². The highest BCUT2D eigenvalue weighted by Gasteiger charge is 2.22. The fraction of sp³-hybridized carbons (Fsp3) is 0.529. The number of hydrogen-bond acceptors (Lipinski definition) is 3. The molecule has 1 aromatic carbocycles. The van der Waals surface area contributed by atoms with Crippen molar-refractivity contribution in [1.82, 2.24) is 10.6 Å². The van der Waals surface area contributed by atoms with Crippen molar-refractivity contribution in [3.63, 3.8) is 0 Å². The monoisotopic (exact) mass is 306 g/mol. The van der Waals surface area contributed by atoms with Gasteiger partial charge in [-0.2, -0.15) is 0 Å². The lowest BCUT2D eigenvalue weighted by Crippen LogP contribution is -2.42. The van der Waals surface area contributed by atoms with Gasteiger partial charge in [0.2, 0.25) is 5.91 Å². The molecule has 0 bridgehead atoms. The van der Waals surface area contributed by atoms with Crippen LogP contribution in [0.15, 0.2) is 30.3 Å². The molecular formula is C17H26N2O3. The highest BCUT2D eigenvalue weighted by molar-refractivity contribution is 5.94. The van der Waals surface area contributed by atoms with Crippen molar-refractivity contribution in [3.05, 3.63) is 35.9 Å². The van der Waals surface area contributed by atoms with E-state index in [1.54, 1.807) is 31.2 Å². The van der Waals surface area contributed by atoms with Crippen LogP contribution in [-0.4, -0.2) is 35.6 Å². The Labute approximate surface area is 132 Å². The summed E-state index contributed by atoms with van der Waals surface area (Å²) in [6.45, 7) is 7.72. The predicted octanol–water partition coefficient (Wildman–Crippen LogP) is 1.72. The van der Waals surface area contributed by atoms with Crippen LogP contribution in [0.3, 0.4) is 0 Å². The second-order valence-electron chi connectivity index (χ2n) is 6.63. The van der Waals surface area contributed by atoms with Crippen molar-refractivity contribution in [1.29, 1.82) is 0 Å². The van der Waals surface area contributed by atoms with Gasteiger partial charge < -0.3 is 15.7 Å². The van der Waals surface area contributed by atoms with Crippen LogP contribution in [0.1, 0.15) is 44.5 Å². The van der Waals surface area contributed by atoms with Crippen molar-refractivity contribution in [3.8, 4) is 0 Å². The van der Waals surface area contributed by atoms with E-state index in [1.807, 2.05) is 26.8 Å². The molecule has 0 saturated carbocycles. The molecule has 5 nitrogen and oxygen atoms in total. The maximum atomic E-state index is 12.0. The van der Waals surface area contributed by atoms with Crippen LogP contribution in [0.2, 0.25) is 0 Å². The first-order valence-corrected chi connectivity index (χ1v) is 7.51. The number of aliphatic hydroxyl groups is 1. The van der Waals surface area contributed by atoms with Gasteiger partial charge >= 0.3 is 0 Å². The van der Waals surface area contributed by atoms with Crippen molar-refractivity contribution >= 4 is 11.8 Å². The molecule has 0 aliphatic heterocycles. The number of benzene rings is 1. The molecule has 2 unspecified atom stereocenters. The van der Waals surface area contributed by atoms with Gasteiger partial charge in [0.15, 0.2) is 0 Å². The van der Waals surface area contributed by atoms with Crippen LogP contribution >= 0.6 is 0 Å². The van der Waals surface area contributed by atoms with Crippen LogP contribution in [0.5, 0.6) is 0 Å². The average molecular weight is 306 g/mol. The molecule has 0 fully saturated rings. The Hall–Kier alpha value is -1.88. The Bertz CT molecular complexity index is 494. The molecule has 0 aliphatic carbocycles. The molecule has 0 spiro atoms. The third-order valence-corrected chi connectivity index (χ3v) is 3.40. The number of carbonyl (C=O) groups excluding carboxylic acids is 2. The van der Waals surface area contributed by atoms with E-state index in [9.17, 15) is 14.7 Å². The van der Waals surface area contributed by atoms with Gasteiger partial charge in [-0.3, -0.25) is 9.59 Å². The molecule has 1 rings (SSSR count). The summed E-state index contributed by atoms with van der Waals surface area (Å²) in [6.07, 6.45) is -0.430. The first-order valence-electron chi connectivity index (χ1n) is 7.51. The Kier molecular flexibility index (Phi) is 6.56. The van der Waals surface area contributed by atoms with E-state index >= 15 is 0 Å². The lowest BCUT2D eigenvalue weighted by Gasteiger charge is -2.26. The topological polar surface area (TPSA) is 78.4 Å². The third kappa shape index (κ3) is 6.26. The number of aliphatic hydroxyl groups excluding tert-OH is 1. The number of hydrogen-bond donors (Lipinski definition) is 3. The number of rotatable bonds is 6. The van der Waals surface area contributed by atoms with Crippen LogP contribution in [0, 0.1) is 5.41 Å². The van der Waals surface area contributed by atoms with Gasteiger partial charge in [-0.05, 0) is 24.5 Å². The van der Waals surface area contributed by atoms with Crippen molar-refractivity contribution in [2.45, 2.75) is 46.3 Å². The standard InChI is InChI=1S/C17H26N2O3/c1-12(19-16(22)13-8-6-5-7-9-13)10-15(21)18-11-14(20)17(2,3)4/h5-9,12,14,20H,10-11H2,1-4H3,(H,18,21)(H,19,22). The van der Waals surface area contributed by atoms with Gasteiger partial charge in [0.25, 0.3) is 5.91 Å². The molecule has 0 aromatic heterocycles. The zero-order valence-corrected chi connectivity index (χ0v) is 13.7. The van der Waals surface area contributed by atoms with Crippen LogP contribution < -0.4 is 10.6 Å². The molecule has 5 heteroatoms. The van der Waals surface area contributed by atoms with E-state index in [-0.39, 0.29) is 36.2 Å². The molecule has 0 radical (unpaired) electrons. The van der Waals surface area contributed by atoms with Crippen molar-refractivity contribution in [2.75, 3.05) is 6.54 Å². The highest BCUT2D eigenvalue weighted by atomic mass is 16.3. The zero-order valence-electron chi connectivity index (χ0n) is 13.7. The summed E-state index contributed by atoms with van der Waals surface area (Å²) in [6, 6.07) is 8.59. The molecule has 22 heavy (non-hydrogen) atoms. The lowest BCUT2D eigenvalue weighted by molar-refractivity contribution is -0.122. The fourth-order valence-electron chi connectivity index (χ4n) is 1.81. The quantitative estimate of drug-likeness (QED) is 0.749. The Morgan fingerprint density at radius 3 is 2.32 bits per heavy atom. The van der Waals surface area contributed by atoms with Gasteiger partial charge in [0.05, 0.1) is 6.10 Å². The van der Waals surface area contributed by atoms with Crippen molar-refractivity contribution < 1.29 is 14.7 Å². The molecule has 1 aromatic rings. The second-order valence-corrected chi connectivity index (χ2v) is 6.63. The highest BCUT2D eigenvalue weighted by Crippen LogP contribution is 2.18. The van der Waals surface area contributed by atoms with Crippen LogP contribution in [-0.2, 0) is 4.79 Å². The summed E-state index contributed by atoms with van der Waals surface area (Å²) in [5.74, 6) is -0.389. The maximum Gasteiger partial charge on any atom is 0.251 e. The summed E-state index contributed by atoms with van der Waals surface area (Å²) in [5, 5.41) is 15.4. The molecule has 122 valence electrons. The molecular weight excluding hydrogens is 280 g/mol. The Morgan fingerprint density at radius 2 is 1.77 bits per heavy atom. The minimum atomic E-state index is -0.606. The summed E-state index contributed by atoms with van der Waals surface area (Å²) < 4.78 is 0. The minimum absolute atomic E-state index is 0.176. The molecule has 0 saturated heterocycles. The molecule has 3 N–H and O–H groups in total. The average Bonchev–Trinajstić information content (AvgIpc) is 2.44. The molecule has 0 aliphatic rings. The van der Waals surface area contributed by atoms with Crippen LogP contribution in [0.25, 0.3) is 0 Å². The van der Waals surface area contributed by atoms with Crippen molar-refractivity contribution in [2.24, 2.45) is 5.41 Å². The summed E-state index contributed by atoms with van der Waals surface area (Å²) in [4.78, 5) is 23.8. The molecule has 0 heterocycles. The van der Waals surface area contributed by atoms with E-state index in [0.717, 1.165) is 0 Å². The van der Waals surface area contributed by atoms with E-state index < -0.39 is 6.10 Å². The second kappa shape index (κ2) is 7.94. The number of amides is 2. The lowest BCUT2D eigenvalue weighted by atomic mass is 9.89.